The lowest BCUT2D eigenvalue weighted by Crippen LogP contribution is -2.26. The maximum Gasteiger partial charge on any atom is 0.136 e. The third kappa shape index (κ3) is 0.870. The van der Waals surface area contributed by atoms with Gasteiger partial charge in [-0.2, -0.15) is 0 Å². The fourth-order valence-electron chi connectivity index (χ4n) is 2.02. The molecule has 0 aromatic rings. The lowest BCUT2D eigenvalue weighted by atomic mass is 9.92. The first-order valence-corrected chi connectivity index (χ1v) is 3.98. The van der Waals surface area contributed by atoms with Crippen LogP contribution in [-0.4, -0.2) is 19.0 Å². The second kappa shape index (κ2) is 2.35. The second-order valence-corrected chi connectivity index (χ2v) is 3.24. The third-order valence-electron chi connectivity index (χ3n) is 2.65. The number of rotatable bonds is 0. The highest BCUT2D eigenvalue weighted by atomic mass is 16.5. The first-order chi connectivity index (χ1) is 4.88. The Bertz CT molecular complexity index is 153. The van der Waals surface area contributed by atoms with Crippen LogP contribution in [0.5, 0.6) is 0 Å². The van der Waals surface area contributed by atoms with Crippen molar-refractivity contribution in [2.75, 3.05) is 13.2 Å². The third-order valence-corrected chi connectivity index (χ3v) is 2.65. The van der Waals surface area contributed by atoms with E-state index in [1.165, 1.54) is 0 Å². The Balaban J connectivity index is 2.08. The van der Waals surface area contributed by atoms with Crippen LogP contribution < -0.4 is 0 Å². The Morgan fingerprint density at radius 1 is 1.40 bits per heavy atom. The van der Waals surface area contributed by atoms with Crippen LogP contribution in [0.25, 0.3) is 0 Å². The van der Waals surface area contributed by atoms with E-state index in [9.17, 15) is 4.79 Å². The molecule has 2 nitrogen and oxygen atoms in total. The van der Waals surface area contributed by atoms with E-state index >= 15 is 0 Å². The normalized spacial score (nSPS) is 39.8. The Hall–Kier alpha value is -0.370. The van der Waals surface area contributed by atoms with Crippen molar-refractivity contribution < 1.29 is 9.53 Å². The number of ether oxygens (including phenoxy) is 1. The number of carbonyl (C=O) groups excluding carboxylic acids is 1. The number of fused-ring (bicyclic) bond motifs is 1. The zero-order valence-electron chi connectivity index (χ0n) is 6.01. The largest absolute Gasteiger partial charge is 0.381 e. The van der Waals surface area contributed by atoms with Crippen molar-refractivity contribution in [1.82, 2.24) is 0 Å². The quantitative estimate of drug-likeness (QED) is 0.501. The highest BCUT2D eigenvalue weighted by molar-refractivity contribution is 5.83. The van der Waals surface area contributed by atoms with Crippen molar-refractivity contribution >= 4 is 5.78 Å². The summed E-state index contributed by atoms with van der Waals surface area (Å²) < 4.78 is 5.28. The van der Waals surface area contributed by atoms with Gasteiger partial charge in [-0.15, -0.1) is 0 Å². The van der Waals surface area contributed by atoms with E-state index in [1.54, 1.807) is 0 Å². The molecule has 1 aliphatic carbocycles. The molecule has 1 heterocycles. The van der Waals surface area contributed by atoms with Gasteiger partial charge in [0.05, 0.1) is 6.61 Å². The summed E-state index contributed by atoms with van der Waals surface area (Å²) in [4.78, 5) is 11.2. The predicted molar refractivity (Wildman–Crippen MR) is 36.7 cm³/mol. The minimum Gasteiger partial charge on any atom is -0.381 e. The molecule has 0 bridgehead atoms. The first kappa shape index (κ1) is 6.35. The van der Waals surface area contributed by atoms with Crippen molar-refractivity contribution in [2.45, 2.75) is 19.3 Å². The predicted octanol–water partition coefficient (Wildman–Crippen LogP) is 1.00. The Labute approximate surface area is 60.6 Å². The van der Waals surface area contributed by atoms with Crippen LogP contribution >= 0.6 is 0 Å². The average Bonchev–Trinajstić information content (AvgIpc) is 2.34. The van der Waals surface area contributed by atoms with Gasteiger partial charge in [-0.3, -0.25) is 4.79 Å². The van der Waals surface area contributed by atoms with E-state index in [1.807, 2.05) is 0 Å². The van der Waals surface area contributed by atoms with E-state index < -0.39 is 0 Å². The van der Waals surface area contributed by atoms with Gasteiger partial charge >= 0.3 is 0 Å². The number of carbonyl (C=O) groups is 1. The van der Waals surface area contributed by atoms with Gasteiger partial charge < -0.3 is 4.74 Å². The summed E-state index contributed by atoms with van der Waals surface area (Å²) in [5.74, 6) is 1.42. The molecule has 1 saturated heterocycles. The highest BCUT2D eigenvalue weighted by Gasteiger charge is 2.36. The fraction of sp³-hybridized carbons (Fsp3) is 0.875. The lowest BCUT2D eigenvalue weighted by molar-refractivity contribution is -0.123. The average molecular weight is 140 g/mol. The maximum absolute atomic E-state index is 11.2. The lowest BCUT2D eigenvalue weighted by Gasteiger charge is -2.23. The summed E-state index contributed by atoms with van der Waals surface area (Å²) in [7, 11) is 0. The minimum atomic E-state index is 0.369. The van der Waals surface area contributed by atoms with Gasteiger partial charge in [0.1, 0.15) is 5.78 Å². The van der Waals surface area contributed by atoms with Gasteiger partial charge in [0, 0.05) is 18.9 Å². The molecule has 2 atom stereocenters. The van der Waals surface area contributed by atoms with Gasteiger partial charge in [-0.05, 0) is 18.8 Å². The molecule has 1 aliphatic heterocycles. The standard InChI is InChI=1S/C8H12O2/c9-8-2-1-6-5-10-4-3-7(6)8/h6-7H,1-5H2. The van der Waals surface area contributed by atoms with E-state index in [2.05, 4.69) is 0 Å². The highest BCUT2D eigenvalue weighted by Crippen LogP contribution is 2.33. The molecule has 2 unspecified atom stereocenters. The molecule has 0 aromatic heterocycles. The zero-order valence-corrected chi connectivity index (χ0v) is 6.01. The Kier molecular flexibility index (Phi) is 1.49. The molecule has 1 saturated carbocycles. The summed E-state index contributed by atoms with van der Waals surface area (Å²) in [5, 5.41) is 0. The zero-order chi connectivity index (χ0) is 6.97. The summed E-state index contributed by atoms with van der Waals surface area (Å²) in [6, 6.07) is 0. The van der Waals surface area contributed by atoms with Crippen LogP contribution in [0.4, 0.5) is 0 Å². The van der Waals surface area contributed by atoms with Crippen molar-refractivity contribution in [3.05, 3.63) is 0 Å². The van der Waals surface area contributed by atoms with Crippen LogP contribution in [0.3, 0.4) is 0 Å². The number of hydrogen-bond donors (Lipinski definition) is 0. The van der Waals surface area contributed by atoms with Crippen LogP contribution in [0, 0.1) is 11.8 Å². The van der Waals surface area contributed by atoms with Crippen molar-refractivity contribution in [3.63, 3.8) is 0 Å². The molecule has 0 aromatic carbocycles. The van der Waals surface area contributed by atoms with E-state index in [4.69, 9.17) is 4.74 Å². The summed E-state index contributed by atoms with van der Waals surface area (Å²) in [6.45, 7) is 1.63. The van der Waals surface area contributed by atoms with E-state index in [0.717, 1.165) is 32.5 Å². The van der Waals surface area contributed by atoms with Gasteiger partial charge in [0.2, 0.25) is 0 Å². The Morgan fingerprint density at radius 2 is 2.30 bits per heavy atom. The van der Waals surface area contributed by atoms with E-state index in [-0.39, 0.29) is 0 Å². The van der Waals surface area contributed by atoms with Crippen LogP contribution in [0.2, 0.25) is 0 Å². The van der Waals surface area contributed by atoms with Crippen molar-refractivity contribution in [1.29, 1.82) is 0 Å². The molecule has 10 heavy (non-hydrogen) atoms. The fourth-order valence-corrected chi connectivity index (χ4v) is 2.02. The summed E-state index contributed by atoms with van der Waals surface area (Å²) >= 11 is 0. The molecular formula is C8H12O2. The number of hydrogen-bond acceptors (Lipinski definition) is 2. The molecule has 2 fully saturated rings. The molecular weight excluding hydrogens is 128 g/mol. The number of Topliss-reactive ketones (excluding diaryl/α,β-unsaturated/α-hetero) is 1. The van der Waals surface area contributed by atoms with Crippen LogP contribution in [0.15, 0.2) is 0 Å². The van der Waals surface area contributed by atoms with Crippen molar-refractivity contribution in [3.8, 4) is 0 Å². The van der Waals surface area contributed by atoms with Gasteiger partial charge in [0.15, 0.2) is 0 Å². The van der Waals surface area contributed by atoms with E-state index in [0.29, 0.717) is 17.6 Å². The second-order valence-electron chi connectivity index (χ2n) is 3.24. The molecule has 2 aliphatic rings. The molecule has 56 valence electrons. The first-order valence-electron chi connectivity index (χ1n) is 3.98. The van der Waals surface area contributed by atoms with Gasteiger partial charge in [-0.25, -0.2) is 0 Å². The molecule has 2 heteroatoms. The van der Waals surface area contributed by atoms with Crippen LogP contribution in [-0.2, 0) is 9.53 Å². The smallest absolute Gasteiger partial charge is 0.136 e. The Morgan fingerprint density at radius 3 is 3.10 bits per heavy atom. The summed E-state index contributed by atoms with van der Waals surface area (Å²) in [6.07, 6.45) is 2.85. The molecule has 0 amide bonds. The molecule has 0 N–H and O–H groups in total. The molecule has 0 spiro atoms. The monoisotopic (exact) mass is 140 g/mol. The van der Waals surface area contributed by atoms with Gasteiger partial charge in [-0.1, -0.05) is 0 Å². The minimum absolute atomic E-state index is 0.369. The maximum atomic E-state index is 11.2. The molecule has 2 rings (SSSR count). The van der Waals surface area contributed by atoms with Crippen LogP contribution in [0.1, 0.15) is 19.3 Å². The molecule has 0 radical (unpaired) electrons. The summed E-state index contributed by atoms with van der Waals surface area (Å²) in [5.41, 5.74) is 0. The number of ketones is 1. The van der Waals surface area contributed by atoms with Gasteiger partial charge in [0.25, 0.3) is 0 Å². The SMILES string of the molecule is O=C1CCC2COCCC12. The van der Waals surface area contributed by atoms with Crippen molar-refractivity contribution in [2.24, 2.45) is 11.8 Å². The topological polar surface area (TPSA) is 26.3 Å².